The second-order valence-corrected chi connectivity index (χ2v) is 25.0. The van der Waals surface area contributed by atoms with Gasteiger partial charge in [-0.05, 0) is 136 Å². The number of carboxylic acid groups (broad SMARTS) is 2. The molecule has 10 N–H and O–H groups in total. The number of carboxylic acids is 2. The van der Waals surface area contributed by atoms with Gasteiger partial charge in [0.25, 0.3) is 0 Å². The molecule has 22 nitrogen and oxygen atoms in total. The fourth-order valence-electron chi connectivity index (χ4n) is 14.5. The smallest absolute Gasteiger partial charge is 0.355 e. The van der Waals surface area contributed by atoms with Crippen LogP contribution in [0.5, 0.6) is 11.5 Å². The van der Waals surface area contributed by atoms with Crippen molar-refractivity contribution >= 4 is 56.2 Å². The van der Waals surface area contributed by atoms with Gasteiger partial charge in [0.2, 0.25) is 12.2 Å². The summed E-state index contributed by atoms with van der Waals surface area (Å²) in [6.45, 7) is 8.48. The Morgan fingerprint density at radius 1 is 0.892 bits per heavy atom. The number of aromatic nitrogens is 4. The van der Waals surface area contributed by atoms with Crippen molar-refractivity contribution in [2.24, 2.45) is 22.0 Å². The van der Waals surface area contributed by atoms with Crippen LogP contribution in [0.15, 0.2) is 79.0 Å². The van der Waals surface area contributed by atoms with Crippen LogP contribution in [0.1, 0.15) is 92.5 Å². The highest BCUT2D eigenvalue weighted by Crippen LogP contribution is 2.72. The Hall–Kier alpha value is -7.09. The summed E-state index contributed by atoms with van der Waals surface area (Å²) >= 11 is 1.43. The third-order valence-corrected chi connectivity index (χ3v) is 17.9. The topological polar surface area (TPSA) is 321 Å². The number of nitrogens with zero attached hydrogens (tertiary/aromatic N) is 4. The standard InChI is InChI=1S/C60H70N8O14S/c1-33-39(38-14-16-40(65-47(38)53(74)75)35-10-9-34-12-15-42(64-43(34)21-35)52(73)67-56-66-41-7-4-5-8-45(41)83-56)23-63-68(33)32-59-27-57(2)26-58(3,28-59)30-60(29-57,31-59)80-20-18-62-24-46(69)79-25-36-11-13-37(22-44(36)78-19-6-17-61)81-55-50(72)48(70)49(71)51(82-55)54(76)77/h4-5,7-11,13-14,16,21-23,42,48-51,55,62,64,70-72H,6,12,15,17-20,24-32,61H2,1-3H3,(H,74,75)(H,76,77)(H,66,67,73)/t42?,48-,49-,50+,51-,55+,57?,58?,59?,60?/m0/s1. The molecule has 3 aromatic carbocycles. The summed E-state index contributed by atoms with van der Waals surface area (Å²) < 4.78 is 32.4. The lowest BCUT2D eigenvalue weighted by Gasteiger charge is -2.69. The van der Waals surface area contributed by atoms with E-state index in [0.717, 1.165) is 71.2 Å². The van der Waals surface area contributed by atoms with Crippen LogP contribution in [0.3, 0.4) is 0 Å². The SMILES string of the molecule is Cc1c(-c2ccc(-c3ccc4c(c3)NC(C(=O)Nc3nc5ccccc5s3)CC4)nc2C(=O)O)cnn1CC12CC3(C)CC(C)(C1)CC(OCCNCC(=O)OCc1ccc(O[C@@H]4O[C@H](C(=O)O)[C@@H](O)[C@H](O)[C@H]4O)cc1OCCCN)(C3)C2. The van der Waals surface area contributed by atoms with Gasteiger partial charge in [0, 0.05) is 52.8 Å². The van der Waals surface area contributed by atoms with E-state index in [0.29, 0.717) is 73.0 Å². The number of thiazole rings is 1. The number of aliphatic hydroxyl groups excluding tert-OH is 3. The molecule has 23 heteroatoms. The third kappa shape index (κ3) is 12.2. The average molecular weight is 1160 g/mol. The Labute approximate surface area is 482 Å². The van der Waals surface area contributed by atoms with Gasteiger partial charge in [-0.25, -0.2) is 19.6 Å². The number of fused-ring (bicyclic) bond motifs is 2. The zero-order valence-corrected chi connectivity index (χ0v) is 47.3. The number of nitrogens with one attached hydrogen (secondary N) is 3. The van der Waals surface area contributed by atoms with Crippen LogP contribution < -0.4 is 31.2 Å². The zero-order chi connectivity index (χ0) is 58.4. The molecule has 4 bridgehead atoms. The van der Waals surface area contributed by atoms with E-state index < -0.39 is 54.7 Å². The summed E-state index contributed by atoms with van der Waals surface area (Å²) in [5.74, 6) is -3.01. The van der Waals surface area contributed by atoms with Crippen LogP contribution in [0.4, 0.5) is 10.8 Å². The number of esters is 1. The minimum absolute atomic E-state index is 0.0368. The number of carbonyl (C=O) groups excluding carboxylic acids is 2. The second-order valence-electron chi connectivity index (χ2n) is 23.9. The molecule has 83 heavy (non-hydrogen) atoms. The number of aryl methyl sites for hydroxylation is 1. The van der Waals surface area contributed by atoms with Crippen LogP contribution in [0.25, 0.3) is 32.6 Å². The van der Waals surface area contributed by atoms with Crippen molar-refractivity contribution in [1.82, 2.24) is 25.1 Å². The average Bonchev–Trinajstić information content (AvgIpc) is 1.16. The second kappa shape index (κ2) is 23.2. The lowest BCUT2D eigenvalue weighted by Crippen LogP contribution is -2.64. The number of benzene rings is 3. The van der Waals surface area contributed by atoms with Crippen molar-refractivity contribution in [1.29, 1.82) is 0 Å². The lowest BCUT2D eigenvalue weighted by atomic mass is 9.39. The first-order chi connectivity index (χ1) is 39.7. The van der Waals surface area contributed by atoms with Crippen LogP contribution in [-0.2, 0) is 48.2 Å². The Balaban J connectivity index is 0.703. The van der Waals surface area contributed by atoms with Gasteiger partial charge < -0.3 is 70.9 Å². The summed E-state index contributed by atoms with van der Waals surface area (Å²) in [5, 5.41) is 65.9. The van der Waals surface area contributed by atoms with Crippen molar-refractivity contribution in [2.75, 3.05) is 43.5 Å². The van der Waals surface area contributed by atoms with Crippen molar-refractivity contribution in [3.05, 3.63) is 102 Å². The maximum Gasteiger partial charge on any atom is 0.355 e. The number of anilines is 2. The van der Waals surface area contributed by atoms with Crippen molar-refractivity contribution in [3.63, 3.8) is 0 Å². The highest BCUT2D eigenvalue weighted by Gasteiger charge is 2.66. The number of para-hydroxylation sites is 1. The number of ether oxygens (including phenoxy) is 5. The van der Waals surface area contributed by atoms with E-state index in [-0.39, 0.29) is 64.7 Å². The minimum Gasteiger partial charge on any atom is -0.493 e. The molecule has 4 saturated carbocycles. The molecule has 3 aromatic heterocycles. The molecule has 5 fully saturated rings. The van der Waals surface area contributed by atoms with E-state index >= 15 is 0 Å². The molecule has 4 aliphatic carbocycles. The molecule has 6 aliphatic rings. The Morgan fingerprint density at radius 2 is 1.69 bits per heavy atom. The van der Waals surface area contributed by atoms with E-state index in [2.05, 4.69) is 34.8 Å². The summed E-state index contributed by atoms with van der Waals surface area (Å²) in [7, 11) is 0. The Bertz CT molecular complexity index is 3390. The number of aliphatic carboxylic acids is 1. The van der Waals surface area contributed by atoms with Gasteiger partial charge in [-0.3, -0.25) is 14.3 Å². The number of nitrogens with two attached hydrogens (primary N) is 1. The number of hydrogen-bond donors (Lipinski definition) is 9. The first kappa shape index (κ1) is 57.7. The van der Waals surface area contributed by atoms with Crippen LogP contribution in [0.2, 0.25) is 0 Å². The van der Waals surface area contributed by atoms with Crippen molar-refractivity contribution in [2.45, 2.75) is 134 Å². The van der Waals surface area contributed by atoms with Gasteiger partial charge in [-0.1, -0.05) is 49.4 Å². The quantitative estimate of drug-likeness (QED) is 0.0275. The highest BCUT2D eigenvalue weighted by molar-refractivity contribution is 7.22. The molecule has 3 unspecified atom stereocenters. The van der Waals surface area contributed by atoms with Gasteiger partial charge in [-0.2, -0.15) is 5.10 Å². The normalized spacial score (nSPS) is 27.8. The predicted molar refractivity (Wildman–Crippen MR) is 305 cm³/mol. The highest BCUT2D eigenvalue weighted by atomic mass is 32.1. The first-order valence-electron chi connectivity index (χ1n) is 28.1. The van der Waals surface area contributed by atoms with Gasteiger partial charge in [0.1, 0.15) is 42.5 Å². The molecule has 0 spiro atoms. The minimum atomic E-state index is -1.87. The number of aliphatic hydroxyl groups is 3. The Kier molecular flexibility index (Phi) is 16.1. The van der Waals surface area contributed by atoms with Gasteiger partial charge >= 0.3 is 17.9 Å². The lowest BCUT2D eigenvalue weighted by molar-refractivity contribution is -0.271. The summed E-state index contributed by atoms with van der Waals surface area (Å²) in [5.41, 5.74) is 11.6. The van der Waals surface area contributed by atoms with Gasteiger partial charge in [-0.15, -0.1) is 0 Å². The molecule has 6 aromatic rings. The number of hydrogen-bond acceptors (Lipinski definition) is 19. The van der Waals surface area contributed by atoms with E-state index in [1.807, 2.05) is 66.2 Å². The molecule has 440 valence electrons. The van der Waals surface area contributed by atoms with Crippen molar-refractivity contribution in [3.8, 4) is 33.9 Å². The zero-order valence-electron chi connectivity index (χ0n) is 46.5. The monoisotopic (exact) mass is 1160 g/mol. The van der Waals surface area contributed by atoms with Crippen molar-refractivity contribution < 1.29 is 68.4 Å². The van der Waals surface area contributed by atoms with Gasteiger partial charge in [0.15, 0.2) is 16.9 Å². The maximum absolute atomic E-state index is 13.4. The molecule has 2 aliphatic heterocycles. The Morgan fingerprint density at radius 3 is 2.45 bits per heavy atom. The van der Waals surface area contributed by atoms with E-state index in [1.165, 1.54) is 23.5 Å². The number of carbonyl (C=O) groups is 4. The molecule has 5 heterocycles. The fraction of sp³-hybridized carbons (Fsp3) is 0.483. The largest absolute Gasteiger partial charge is 0.493 e. The molecule has 8 atom stereocenters. The predicted octanol–water partition coefficient (Wildman–Crippen LogP) is 6.06. The molecular formula is C60H70N8O14S. The van der Waals surface area contributed by atoms with Crippen LogP contribution in [-0.4, -0.2) is 144 Å². The first-order valence-corrected chi connectivity index (χ1v) is 28.9. The number of amides is 1. The number of aromatic carboxylic acids is 1. The number of pyridine rings is 1. The van der Waals surface area contributed by atoms with E-state index in [9.17, 15) is 44.7 Å². The molecule has 1 saturated heterocycles. The van der Waals surface area contributed by atoms with Crippen LogP contribution in [0, 0.1) is 23.2 Å². The van der Waals surface area contributed by atoms with Crippen LogP contribution >= 0.6 is 11.3 Å². The fourth-order valence-corrected chi connectivity index (χ4v) is 15.3. The molecule has 1 amide bonds. The molecule has 0 radical (unpaired) electrons. The van der Waals surface area contributed by atoms with Gasteiger partial charge in [0.05, 0.1) is 47.5 Å². The van der Waals surface area contributed by atoms with E-state index in [1.54, 1.807) is 12.3 Å². The molecular weight excluding hydrogens is 1090 g/mol. The van der Waals surface area contributed by atoms with E-state index in [4.69, 9.17) is 39.5 Å². The summed E-state index contributed by atoms with van der Waals surface area (Å²) in [6, 6.07) is 21.3. The summed E-state index contributed by atoms with van der Waals surface area (Å²) in [4.78, 5) is 60.4. The number of rotatable bonds is 22. The molecule has 12 rings (SSSR count). The summed E-state index contributed by atoms with van der Waals surface area (Å²) in [6.07, 6.45) is 0.408. The third-order valence-electron chi connectivity index (χ3n) is 17.0. The maximum atomic E-state index is 13.4.